The summed E-state index contributed by atoms with van der Waals surface area (Å²) in [7, 11) is 0. The fraction of sp³-hybridized carbons (Fsp3) is 0.0714. The lowest BCUT2D eigenvalue weighted by atomic mass is 10.2. The maximum absolute atomic E-state index is 8.86. The van der Waals surface area contributed by atoms with Crippen LogP contribution in [-0.4, -0.2) is 0 Å². The van der Waals surface area contributed by atoms with E-state index in [9.17, 15) is 0 Å². The third-order valence-electron chi connectivity index (χ3n) is 2.52. The minimum Gasteiger partial charge on any atom is -0.355 e. The van der Waals surface area contributed by atoms with Crippen LogP contribution >= 0.6 is 27.5 Å². The van der Waals surface area contributed by atoms with Gasteiger partial charge in [-0.1, -0.05) is 17.7 Å². The summed E-state index contributed by atoms with van der Waals surface area (Å²) in [6.45, 7) is 1.95. The number of halogens is 2. The lowest BCUT2D eigenvalue weighted by molar-refractivity contribution is 1.42. The zero-order chi connectivity index (χ0) is 13.1. The van der Waals surface area contributed by atoms with Gasteiger partial charge in [0.15, 0.2) is 0 Å². The molecule has 0 saturated carbocycles. The highest BCUT2D eigenvalue weighted by molar-refractivity contribution is 9.10. The smallest absolute Gasteiger partial charge is 0.0992 e. The first-order chi connectivity index (χ1) is 8.60. The number of hydrogen-bond acceptors (Lipinski definition) is 2. The highest BCUT2D eigenvalue weighted by atomic mass is 79.9. The predicted molar refractivity (Wildman–Crippen MR) is 78.3 cm³/mol. The molecule has 0 amide bonds. The van der Waals surface area contributed by atoms with E-state index in [1.807, 2.05) is 31.2 Å². The van der Waals surface area contributed by atoms with Crippen LogP contribution in [0.4, 0.5) is 11.4 Å². The predicted octanol–water partition coefficient (Wildman–Crippen LogP) is 5.03. The van der Waals surface area contributed by atoms with Crippen LogP contribution in [0, 0.1) is 18.3 Å². The average molecular weight is 322 g/mol. The number of anilines is 2. The Bertz CT molecular complexity index is 632. The van der Waals surface area contributed by atoms with E-state index in [1.165, 1.54) is 0 Å². The molecule has 0 radical (unpaired) electrons. The lowest BCUT2D eigenvalue weighted by Gasteiger charge is -2.10. The Labute approximate surface area is 119 Å². The van der Waals surface area contributed by atoms with Gasteiger partial charge in [0.1, 0.15) is 0 Å². The Balaban J connectivity index is 2.34. The van der Waals surface area contributed by atoms with Gasteiger partial charge in [0, 0.05) is 15.2 Å². The minimum atomic E-state index is 0.620. The highest BCUT2D eigenvalue weighted by Gasteiger charge is 2.05. The van der Waals surface area contributed by atoms with Crippen molar-refractivity contribution in [1.29, 1.82) is 5.26 Å². The molecule has 1 N–H and O–H groups in total. The zero-order valence-corrected chi connectivity index (χ0v) is 12.0. The summed E-state index contributed by atoms with van der Waals surface area (Å²) < 4.78 is 0.937. The van der Waals surface area contributed by atoms with Crippen LogP contribution in [0.25, 0.3) is 0 Å². The molecule has 0 aromatic heterocycles. The van der Waals surface area contributed by atoms with E-state index < -0.39 is 0 Å². The first-order valence-electron chi connectivity index (χ1n) is 5.33. The second-order valence-corrected chi connectivity index (χ2v) is 5.16. The Kier molecular flexibility index (Phi) is 3.90. The molecule has 0 fully saturated rings. The summed E-state index contributed by atoms with van der Waals surface area (Å²) in [4.78, 5) is 0. The molecule has 2 rings (SSSR count). The average Bonchev–Trinajstić information content (AvgIpc) is 2.36. The summed E-state index contributed by atoms with van der Waals surface area (Å²) in [5, 5.41) is 12.8. The number of benzene rings is 2. The summed E-state index contributed by atoms with van der Waals surface area (Å²) in [6.07, 6.45) is 0. The second-order valence-electron chi connectivity index (χ2n) is 3.90. The number of rotatable bonds is 2. The van der Waals surface area contributed by atoms with Gasteiger partial charge < -0.3 is 5.32 Å². The van der Waals surface area contributed by atoms with Crippen molar-refractivity contribution in [2.24, 2.45) is 0 Å². The molecule has 2 aromatic rings. The number of nitriles is 1. The SMILES string of the molecule is Cc1cc(Br)c(Nc2cccc(C#N)c2)cc1Cl. The van der Waals surface area contributed by atoms with Crippen LogP contribution < -0.4 is 5.32 Å². The van der Waals surface area contributed by atoms with Crippen LogP contribution in [0.5, 0.6) is 0 Å². The minimum absolute atomic E-state index is 0.620. The topological polar surface area (TPSA) is 35.8 Å². The van der Waals surface area contributed by atoms with Gasteiger partial charge in [-0.2, -0.15) is 5.26 Å². The Morgan fingerprint density at radius 3 is 2.78 bits per heavy atom. The van der Waals surface area contributed by atoms with Crippen LogP contribution in [-0.2, 0) is 0 Å². The van der Waals surface area contributed by atoms with Gasteiger partial charge in [0.25, 0.3) is 0 Å². The highest BCUT2D eigenvalue weighted by Crippen LogP contribution is 2.31. The van der Waals surface area contributed by atoms with Gasteiger partial charge in [-0.05, 0) is 58.7 Å². The molecule has 2 aromatic carbocycles. The Hall–Kier alpha value is -1.50. The molecule has 0 aliphatic heterocycles. The maximum atomic E-state index is 8.86. The van der Waals surface area contributed by atoms with E-state index in [0.717, 1.165) is 21.4 Å². The van der Waals surface area contributed by atoms with E-state index in [2.05, 4.69) is 27.3 Å². The number of aryl methyl sites for hydroxylation is 1. The third kappa shape index (κ3) is 2.84. The number of nitrogens with one attached hydrogen (secondary N) is 1. The molecule has 0 aliphatic carbocycles. The van der Waals surface area contributed by atoms with E-state index in [1.54, 1.807) is 12.1 Å². The first kappa shape index (κ1) is 12.9. The summed E-state index contributed by atoms with van der Waals surface area (Å²) in [6, 6.07) is 13.2. The number of nitrogens with zero attached hydrogens (tertiary/aromatic N) is 1. The monoisotopic (exact) mass is 320 g/mol. The van der Waals surface area contributed by atoms with Gasteiger partial charge in [0.2, 0.25) is 0 Å². The normalized spacial score (nSPS) is 9.89. The van der Waals surface area contributed by atoms with Crippen molar-refractivity contribution in [1.82, 2.24) is 0 Å². The van der Waals surface area contributed by atoms with Crippen molar-refractivity contribution < 1.29 is 0 Å². The molecule has 0 bridgehead atoms. The zero-order valence-electron chi connectivity index (χ0n) is 9.67. The molecule has 0 heterocycles. The van der Waals surface area contributed by atoms with Gasteiger partial charge in [0.05, 0.1) is 17.3 Å². The van der Waals surface area contributed by atoms with E-state index in [-0.39, 0.29) is 0 Å². The fourth-order valence-electron chi connectivity index (χ4n) is 1.56. The van der Waals surface area contributed by atoms with E-state index in [0.29, 0.717) is 10.6 Å². The van der Waals surface area contributed by atoms with Crippen molar-refractivity contribution in [3.8, 4) is 6.07 Å². The van der Waals surface area contributed by atoms with E-state index >= 15 is 0 Å². The molecule has 2 nitrogen and oxygen atoms in total. The largest absolute Gasteiger partial charge is 0.355 e. The molecule has 0 unspecified atom stereocenters. The standard InChI is InChI=1S/C14H10BrClN2/c1-9-5-12(15)14(7-13(9)16)18-11-4-2-3-10(6-11)8-17/h2-7,18H,1H3. The van der Waals surface area contributed by atoms with Crippen molar-refractivity contribution in [3.05, 3.63) is 57.0 Å². The third-order valence-corrected chi connectivity index (χ3v) is 3.58. The first-order valence-corrected chi connectivity index (χ1v) is 6.50. The summed E-state index contributed by atoms with van der Waals surface area (Å²) in [5.41, 5.74) is 3.37. The van der Waals surface area contributed by atoms with Crippen LogP contribution in [0.1, 0.15) is 11.1 Å². The molecule has 4 heteroatoms. The number of hydrogen-bond donors (Lipinski definition) is 1. The lowest BCUT2D eigenvalue weighted by Crippen LogP contribution is -1.93. The van der Waals surface area contributed by atoms with Crippen molar-refractivity contribution in [3.63, 3.8) is 0 Å². The van der Waals surface area contributed by atoms with Crippen LogP contribution in [0.15, 0.2) is 40.9 Å². The molecule has 0 aliphatic rings. The van der Waals surface area contributed by atoms with Crippen LogP contribution in [0.3, 0.4) is 0 Å². The molecule has 18 heavy (non-hydrogen) atoms. The Morgan fingerprint density at radius 1 is 1.28 bits per heavy atom. The van der Waals surface area contributed by atoms with Crippen molar-refractivity contribution in [2.45, 2.75) is 6.92 Å². The molecular weight excluding hydrogens is 312 g/mol. The molecule has 90 valence electrons. The Morgan fingerprint density at radius 2 is 2.06 bits per heavy atom. The molecular formula is C14H10BrClN2. The quantitative estimate of drug-likeness (QED) is 0.842. The van der Waals surface area contributed by atoms with Gasteiger partial charge in [-0.15, -0.1) is 0 Å². The van der Waals surface area contributed by atoms with Crippen molar-refractivity contribution >= 4 is 38.9 Å². The summed E-state index contributed by atoms with van der Waals surface area (Å²) >= 11 is 9.59. The molecule has 0 atom stereocenters. The van der Waals surface area contributed by atoms with Gasteiger partial charge in [-0.3, -0.25) is 0 Å². The molecule has 0 saturated heterocycles. The molecule has 0 spiro atoms. The summed E-state index contributed by atoms with van der Waals surface area (Å²) in [5.74, 6) is 0. The van der Waals surface area contributed by atoms with Crippen LogP contribution in [0.2, 0.25) is 5.02 Å². The maximum Gasteiger partial charge on any atom is 0.0992 e. The van der Waals surface area contributed by atoms with E-state index in [4.69, 9.17) is 16.9 Å². The van der Waals surface area contributed by atoms with Gasteiger partial charge in [-0.25, -0.2) is 0 Å². The van der Waals surface area contributed by atoms with Crippen molar-refractivity contribution in [2.75, 3.05) is 5.32 Å². The fourth-order valence-corrected chi connectivity index (χ4v) is 2.28. The second kappa shape index (κ2) is 5.43. The van der Waals surface area contributed by atoms with Gasteiger partial charge >= 0.3 is 0 Å².